The monoisotopic (exact) mass is 188 g/mol. The highest BCUT2D eigenvalue weighted by molar-refractivity contribution is 6.01. The maximum Gasteiger partial charge on any atom is 0.158 e. The van der Waals surface area contributed by atoms with Gasteiger partial charge in [-0.1, -0.05) is 18.2 Å². The van der Waals surface area contributed by atoms with Gasteiger partial charge in [-0.05, 0) is 30.6 Å². The van der Waals surface area contributed by atoms with Gasteiger partial charge in [0.25, 0.3) is 0 Å². The summed E-state index contributed by atoms with van der Waals surface area (Å²) in [6.45, 7) is 0. The normalized spacial score (nSPS) is 19.1. The Balaban J connectivity index is 2.33. The first-order valence-corrected chi connectivity index (χ1v) is 4.79. The molecule has 1 aromatic carbocycles. The van der Waals surface area contributed by atoms with Crippen molar-refractivity contribution in [3.8, 4) is 5.75 Å². The Hall–Kier alpha value is -1.57. The zero-order valence-electron chi connectivity index (χ0n) is 7.86. The molecule has 72 valence electrons. The van der Waals surface area contributed by atoms with E-state index >= 15 is 0 Å². The molecular formula is C12H12O2. The van der Waals surface area contributed by atoms with Crippen molar-refractivity contribution in [1.29, 1.82) is 0 Å². The Bertz CT molecular complexity index is 391. The highest BCUT2D eigenvalue weighted by atomic mass is 16.3. The van der Waals surface area contributed by atoms with E-state index in [1.54, 1.807) is 18.2 Å². The molecule has 1 aromatic rings. The lowest BCUT2D eigenvalue weighted by Gasteiger charge is -1.99. The molecule has 1 fully saturated rings. The van der Waals surface area contributed by atoms with E-state index < -0.39 is 0 Å². The van der Waals surface area contributed by atoms with E-state index in [2.05, 4.69) is 0 Å². The molecule has 0 spiro atoms. The van der Waals surface area contributed by atoms with E-state index in [9.17, 15) is 9.90 Å². The maximum absolute atomic E-state index is 11.3. The van der Waals surface area contributed by atoms with E-state index in [0.717, 1.165) is 24.0 Å². The third kappa shape index (κ3) is 1.69. The molecule has 0 unspecified atom stereocenters. The Morgan fingerprint density at radius 1 is 1.21 bits per heavy atom. The van der Waals surface area contributed by atoms with Crippen LogP contribution in [0.5, 0.6) is 5.75 Å². The Morgan fingerprint density at radius 3 is 2.64 bits per heavy atom. The zero-order valence-corrected chi connectivity index (χ0v) is 7.86. The minimum atomic E-state index is 0.216. The summed E-state index contributed by atoms with van der Waals surface area (Å²) in [7, 11) is 0. The van der Waals surface area contributed by atoms with Gasteiger partial charge in [-0.15, -0.1) is 0 Å². The third-order valence-corrected chi connectivity index (χ3v) is 2.47. The lowest BCUT2D eigenvalue weighted by molar-refractivity contribution is -0.114. The van der Waals surface area contributed by atoms with E-state index in [0.29, 0.717) is 6.42 Å². The van der Waals surface area contributed by atoms with Crippen LogP contribution in [0.1, 0.15) is 24.8 Å². The maximum atomic E-state index is 11.3. The smallest absolute Gasteiger partial charge is 0.158 e. The van der Waals surface area contributed by atoms with Crippen LogP contribution in [0.3, 0.4) is 0 Å². The number of hydrogen-bond acceptors (Lipinski definition) is 2. The molecule has 2 rings (SSSR count). The number of phenolic OH excluding ortho intramolecular Hbond substituents is 1. The number of ketones is 1. The second kappa shape index (κ2) is 3.66. The molecule has 0 saturated heterocycles. The summed E-state index contributed by atoms with van der Waals surface area (Å²) in [4.78, 5) is 11.3. The number of allylic oxidation sites excluding steroid dienone is 1. The molecule has 14 heavy (non-hydrogen) atoms. The van der Waals surface area contributed by atoms with Crippen LogP contribution in [0.25, 0.3) is 6.08 Å². The van der Waals surface area contributed by atoms with Crippen molar-refractivity contribution in [3.05, 3.63) is 35.4 Å². The summed E-state index contributed by atoms with van der Waals surface area (Å²) in [5.74, 6) is 0.452. The van der Waals surface area contributed by atoms with Gasteiger partial charge < -0.3 is 5.11 Å². The Kier molecular flexibility index (Phi) is 2.35. The highest BCUT2D eigenvalue weighted by Gasteiger charge is 2.16. The second-order valence-electron chi connectivity index (χ2n) is 3.51. The number of aromatic hydroxyl groups is 1. The molecule has 0 heterocycles. The third-order valence-electron chi connectivity index (χ3n) is 2.47. The first kappa shape index (κ1) is 9.00. The first-order valence-electron chi connectivity index (χ1n) is 4.79. The van der Waals surface area contributed by atoms with Crippen LogP contribution in [0.15, 0.2) is 29.8 Å². The van der Waals surface area contributed by atoms with Crippen molar-refractivity contribution in [3.63, 3.8) is 0 Å². The number of Topliss-reactive ketones (excluding diaryl/α,β-unsaturated/α-hetero) is 1. The molecule has 0 amide bonds. The molecule has 1 saturated carbocycles. The van der Waals surface area contributed by atoms with Gasteiger partial charge in [0.05, 0.1) is 0 Å². The van der Waals surface area contributed by atoms with E-state index in [1.807, 2.05) is 12.1 Å². The Morgan fingerprint density at radius 2 is 2.00 bits per heavy atom. The first-order chi connectivity index (χ1) is 6.77. The van der Waals surface area contributed by atoms with Gasteiger partial charge in [0.15, 0.2) is 5.78 Å². The molecule has 0 aliphatic heterocycles. The molecule has 0 aromatic heterocycles. The number of carbonyl (C=O) groups excluding carboxylic acids is 1. The van der Waals surface area contributed by atoms with Gasteiger partial charge in [-0.2, -0.15) is 0 Å². The molecule has 2 heteroatoms. The van der Waals surface area contributed by atoms with Crippen molar-refractivity contribution < 1.29 is 9.90 Å². The van der Waals surface area contributed by atoms with Crippen LogP contribution >= 0.6 is 0 Å². The average molecular weight is 188 g/mol. The fraction of sp³-hybridized carbons (Fsp3) is 0.250. The molecular weight excluding hydrogens is 176 g/mol. The number of hydrogen-bond donors (Lipinski definition) is 1. The SMILES string of the molecule is O=C1CCCC1=Cc1ccccc1O. The van der Waals surface area contributed by atoms with Gasteiger partial charge in [0.1, 0.15) is 5.75 Å². The number of phenols is 1. The number of carbonyl (C=O) groups is 1. The fourth-order valence-corrected chi connectivity index (χ4v) is 1.69. The van der Waals surface area contributed by atoms with Crippen LogP contribution in [-0.4, -0.2) is 10.9 Å². The van der Waals surface area contributed by atoms with Crippen LogP contribution in [0.4, 0.5) is 0 Å². The topological polar surface area (TPSA) is 37.3 Å². The summed E-state index contributed by atoms with van der Waals surface area (Å²) in [5, 5.41) is 9.50. The minimum absolute atomic E-state index is 0.216. The van der Waals surface area contributed by atoms with Crippen molar-refractivity contribution in [2.24, 2.45) is 0 Å². The standard InChI is InChI=1S/C12H12O2/c13-11-6-2-1-4-9(11)8-10-5-3-7-12(10)14/h1-2,4,6,8,13H,3,5,7H2. The minimum Gasteiger partial charge on any atom is -0.507 e. The summed E-state index contributed by atoms with van der Waals surface area (Å²) < 4.78 is 0. The molecule has 2 nitrogen and oxygen atoms in total. The second-order valence-corrected chi connectivity index (χ2v) is 3.51. The fourth-order valence-electron chi connectivity index (χ4n) is 1.69. The van der Waals surface area contributed by atoms with E-state index in [-0.39, 0.29) is 11.5 Å². The summed E-state index contributed by atoms with van der Waals surface area (Å²) in [5.41, 5.74) is 1.57. The molecule has 0 bridgehead atoms. The summed E-state index contributed by atoms with van der Waals surface area (Å²) in [6, 6.07) is 7.07. The summed E-state index contributed by atoms with van der Waals surface area (Å²) >= 11 is 0. The van der Waals surface area contributed by atoms with Crippen LogP contribution < -0.4 is 0 Å². The van der Waals surface area contributed by atoms with Crippen LogP contribution in [0, 0.1) is 0 Å². The lowest BCUT2D eigenvalue weighted by atomic mass is 10.1. The van der Waals surface area contributed by atoms with Gasteiger partial charge in [0, 0.05) is 12.0 Å². The Labute approximate surface area is 82.9 Å². The van der Waals surface area contributed by atoms with Crippen LogP contribution in [0.2, 0.25) is 0 Å². The highest BCUT2D eigenvalue weighted by Crippen LogP contribution is 2.26. The number of rotatable bonds is 1. The predicted octanol–water partition coefficient (Wildman–Crippen LogP) is 2.53. The largest absolute Gasteiger partial charge is 0.507 e. The molecule has 1 N–H and O–H groups in total. The zero-order chi connectivity index (χ0) is 9.97. The van der Waals surface area contributed by atoms with Crippen molar-refractivity contribution in [2.45, 2.75) is 19.3 Å². The molecule has 0 atom stereocenters. The molecule has 1 aliphatic carbocycles. The van der Waals surface area contributed by atoms with Crippen molar-refractivity contribution >= 4 is 11.9 Å². The predicted molar refractivity (Wildman–Crippen MR) is 54.9 cm³/mol. The number of benzene rings is 1. The van der Waals surface area contributed by atoms with Crippen molar-refractivity contribution in [2.75, 3.05) is 0 Å². The number of para-hydroxylation sites is 1. The van der Waals surface area contributed by atoms with Gasteiger partial charge in [-0.3, -0.25) is 4.79 Å². The van der Waals surface area contributed by atoms with Gasteiger partial charge >= 0.3 is 0 Å². The molecule has 1 aliphatic rings. The van der Waals surface area contributed by atoms with Gasteiger partial charge in [-0.25, -0.2) is 0 Å². The lowest BCUT2D eigenvalue weighted by Crippen LogP contribution is -1.90. The average Bonchev–Trinajstić information content (AvgIpc) is 2.56. The summed E-state index contributed by atoms with van der Waals surface area (Å²) in [6.07, 6.45) is 4.23. The van der Waals surface area contributed by atoms with Crippen LogP contribution in [-0.2, 0) is 4.79 Å². The van der Waals surface area contributed by atoms with Crippen molar-refractivity contribution in [1.82, 2.24) is 0 Å². The van der Waals surface area contributed by atoms with E-state index in [1.165, 1.54) is 0 Å². The molecule has 0 radical (unpaired) electrons. The quantitative estimate of drug-likeness (QED) is 0.687. The van der Waals surface area contributed by atoms with E-state index in [4.69, 9.17) is 0 Å². The van der Waals surface area contributed by atoms with Gasteiger partial charge in [0.2, 0.25) is 0 Å².